The number of carbonyl (C=O) groups is 1. The van der Waals surface area contributed by atoms with E-state index in [2.05, 4.69) is 4.98 Å². The van der Waals surface area contributed by atoms with Crippen LogP contribution in [-0.4, -0.2) is 26.2 Å². The maximum absolute atomic E-state index is 12.9. The van der Waals surface area contributed by atoms with E-state index in [-0.39, 0.29) is 18.0 Å². The number of hydrogen-bond acceptors (Lipinski definition) is 3. The molecule has 1 amide bonds. The Kier molecular flexibility index (Phi) is 2.99. The lowest BCUT2D eigenvalue weighted by molar-refractivity contribution is 0.0647. The number of nitrogens with zero attached hydrogens (tertiary/aromatic N) is 3. The summed E-state index contributed by atoms with van der Waals surface area (Å²) in [6.07, 6.45) is 7.43. The van der Waals surface area contributed by atoms with Gasteiger partial charge in [0.2, 0.25) is 0 Å². The second kappa shape index (κ2) is 5.02. The molecule has 1 aliphatic rings. The minimum Gasteiger partial charge on any atom is -0.467 e. The van der Waals surface area contributed by atoms with E-state index in [1.807, 2.05) is 52.8 Å². The van der Waals surface area contributed by atoms with Gasteiger partial charge in [-0.2, -0.15) is 0 Å². The lowest BCUT2D eigenvalue weighted by Crippen LogP contribution is -2.35. The second-order valence-corrected chi connectivity index (χ2v) is 5.73. The third-order valence-electron chi connectivity index (χ3n) is 4.13. The van der Waals surface area contributed by atoms with Crippen LogP contribution >= 0.6 is 0 Å². The molecule has 0 aliphatic heterocycles. The molecule has 4 rings (SSSR count). The molecule has 0 aromatic carbocycles. The summed E-state index contributed by atoms with van der Waals surface area (Å²) in [6, 6.07) is 9.71. The van der Waals surface area contributed by atoms with Gasteiger partial charge in [-0.1, -0.05) is 6.07 Å². The molecular formula is C17H17N3O2. The van der Waals surface area contributed by atoms with Crippen molar-refractivity contribution in [2.24, 2.45) is 0 Å². The maximum atomic E-state index is 12.9. The van der Waals surface area contributed by atoms with Gasteiger partial charge < -0.3 is 13.7 Å². The standard InChI is InChI=1S/C17H17N3O2/c1-12(15-5-4-10-22-15)20(13-7-8-13)17(21)14-11-19-9-3-2-6-16(19)18-14/h2-6,9-13H,7-8H2,1H3/t12-/m0/s1. The van der Waals surface area contributed by atoms with Crippen molar-refractivity contribution in [3.8, 4) is 0 Å². The van der Waals surface area contributed by atoms with Crippen LogP contribution in [0.3, 0.4) is 0 Å². The average Bonchev–Trinajstić information content (AvgIpc) is 3.07. The topological polar surface area (TPSA) is 50.8 Å². The van der Waals surface area contributed by atoms with E-state index in [1.54, 1.807) is 12.5 Å². The van der Waals surface area contributed by atoms with Gasteiger partial charge in [0.05, 0.1) is 12.3 Å². The highest BCUT2D eigenvalue weighted by molar-refractivity contribution is 5.93. The Labute approximate surface area is 128 Å². The molecule has 0 bridgehead atoms. The number of amides is 1. The van der Waals surface area contributed by atoms with Gasteiger partial charge in [-0.15, -0.1) is 0 Å². The average molecular weight is 295 g/mol. The fourth-order valence-electron chi connectivity index (χ4n) is 2.85. The molecule has 5 heteroatoms. The third kappa shape index (κ3) is 2.19. The number of rotatable bonds is 4. The van der Waals surface area contributed by atoms with Crippen molar-refractivity contribution in [1.29, 1.82) is 0 Å². The van der Waals surface area contributed by atoms with Gasteiger partial charge in [0.15, 0.2) is 0 Å². The molecule has 3 heterocycles. The monoisotopic (exact) mass is 295 g/mol. The molecule has 0 radical (unpaired) electrons. The predicted octanol–water partition coefficient (Wildman–Crippen LogP) is 3.29. The first-order valence-corrected chi connectivity index (χ1v) is 7.54. The first-order chi connectivity index (χ1) is 10.7. The minimum absolute atomic E-state index is 0.0323. The van der Waals surface area contributed by atoms with Crippen LogP contribution in [0.1, 0.15) is 42.1 Å². The lowest BCUT2D eigenvalue weighted by atomic mass is 10.2. The van der Waals surface area contributed by atoms with Crippen LogP contribution in [0, 0.1) is 0 Å². The molecule has 1 fully saturated rings. The van der Waals surface area contributed by atoms with E-state index >= 15 is 0 Å². The summed E-state index contributed by atoms with van der Waals surface area (Å²) in [5.74, 6) is 0.777. The first kappa shape index (κ1) is 13.1. The van der Waals surface area contributed by atoms with Crippen LogP contribution in [0.25, 0.3) is 5.65 Å². The van der Waals surface area contributed by atoms with Crippen LogP contribution in [-0.2, 0) is 0 Å². The third-order valence-corrected chi connectivity index (χ3v) is 4.13. The number of pyridine rings is 1. The Morgan fingerprint density at radius 3 is 2.91 bits per heavy atom. The molecule has 1 aliphatic carbocycles. The number of carbonyl (C=O) groups excluding carboxylic acids is 1. The summed E-state index contributed by atoms with van der Waals surface area (Å²) in [5.41, 5.74) is 1.27. The highest BCUT2D eigenvalue weighted by atomic mass is 16.3. The van der Waals surface area contributed by atoms with Crippen LogP contribution < -0.4 is 0 Å². The van der Waals surface area contributed by atoms with E-state index in [1.165, 1.54) is 0 Å². The van der Waals surface area contributed by atoms with Gasteiger partial charge in [0, 0.05) is 18.4 Å². The number of aromatic nitrogens is 2. The molecule has 0 N–H and O–H groups in total. The molecule has 1 saturated carbocycles. The molecule has 0 unspecified atom stereocenters. The number of imidazole rings is 1. The van der Waals surface area contributed by atoms with Crippen molar-refractivity contribution in [2.75, 3.05) is 0 Å². The zero-order chi connectivity index (χ0) is 15.1. The highest BCUT2D eigenvalue weighted by Crippen LogP contribution is 2.35. The Morgan fingerprint density at radius 1 is 1.36 bits per heavy atom. The summed E-state index contributed by atoms with van der Waals surface area (Å²) in [5, 5.41) is 0. The molecular weight excluding hydrogens is 278 g/mol. The Bertz CT molecular complexity index is 769. The number of fused-ring (bicyclic) bond motifs is 1. The van der Waals surface area contributed by atoms with Gasteiger partial charge in [-0.05, 0) is 44.0 Å². The van der Waals surface area contributed by atoms with E-state index in [9.17, 15) is 4.79 Å². The first-order valence-electron chi connectivity index (χ1n) is 7.54. The second-order valence-electron chi connectivity index (χ2n) is 5.73. The quantitative estimate of drug-likeness (QED) is 0.742. The summed E-state index contributed by atoms with van der Waals surface area (Å²) >= 11 is 0. The van der Waals surface area contributed by atoms with Crippen LogP contribution in [0.2, 0.25) is 0 Å². The molecule has 112 valence electrons. The zero-order valence-electron chi connectivity index (χ0n) is 12.3. The van der Waals surface area contributed by atoms with E-state index in [0.29, 0.717) is 5.69 Å². The molecule has 3 aromatic rings. The minimum atomic E-state index is -0.0835. The fourth-order valence-corrected chi connectivity index (χ4v) is 2.85. The Hall–Kier alpha value is -2.56. The van der Waals surface area contributed by atoms with E-state index in [4.69, 9.17) is 4.42 Å². The normalized spacial score (nSPS) is 15.9. The number of hydrogen-bond donors (Lipinski definition) is 0. The largest absolute Gasteiger partial charge is 0.467 e. The summed E-state index contributed by atoms with van der Waals surface area (Å²) in [7, 11) is 0. The van der Waals surface area contributed by atoms with Crippen LogP contribution in [0.15, 0.2) is 53.4 Å². The molecule has 0 spiro atoms. The fraction of sp³-hybridized carbons (Fsp3) is 0.294. The smallest absolute Gasteiger partial charge is 0.274 e. The molecule has 0 saturated heterocycles. The van der Waals surface area contributed by atoms with E-state index in [0.717, 1.165) is 24.2 Å². The molecule has 3 aromatic heterocycles. The lowest BCUT2D eigenvalue weighted by Gasteiger charge is -2.27. The van der Waals surface area contributed by atoms with Crippen molar-refractivity contribution in [3.05, 3.63) is 60.4 Å². The highest BCUT2D eigenvalue weighted by Gasteiger charge is 2.38. The Balaban J connectivity index is 1.68. The SMILES string of the molecule is C[C@@H](c1ccco1)N(C(=O)c1cn2ccccc2n1)C1CC1. The van der Waals surface area contributed by atoms with Crippen LogP contribution in [0.4, 0.5) is 0 Å². The van der Waals surface area contributed by atoms with Crippen molar-refractivity contribution >= 4 is 11.6 Å². The predicted molar refractivity (Wildman–Crippen MR) is 81.5 cm³/mol. The number of furan rings is 1. The van der Waals surface area contributed by atoms with Crippen molar-refractivity contribution in [2.45, 2.75) is 31.8 Å². The van der Waals surface area contributed by atoms with Gasteiger partial charge >= 0.3 is 0 Å². The van der Waals surface area contributed by atoms with Crippen molar-refractivity contribution < 1.29 is 9.21 Å². The zero-order valence-corrected chi connectivity index (χ0v) is 12.3. The Morgan fingerprint density at radius 2 is 2.23 bits per heavy atom. The molecule has 22 heavy (non-hydrogen) atoms. The van der Waals surface area contributed by atoms with Gasteiger partial charge in [0.25, 0.3) is 5.91 Å². The van der Waals surface area contributed by atoms with Gasteiger partial charge in [-0.3, -0.25) is 4.79 Å². The van der Waals surface area contributed by atoms with Gasteiger partial charge in [-0.25, -0.2) is 4.98 Å². The summed E-state index contributed by atoms with van der Waals surface area (Å²) < 4.78 is 7.35. The summed E-state index contributed by atoms with van der Waals surface area (Å²) in [6.45, 7) is 2.00. The van der Waals surface area contributed by atoms with Crippen molar-refractivity contribution in [3.63, 3.8) is 0 Å². The van der Waals surface area contributed by atoms with E-state index < -0.39 is 0 Å². The van der Waals surface area contributed by atoms with Crippen molar-refractivity contribution in [1.82, 2.24) is 14.3 Å². The maximum Gasteiger partial charge on any atom is 0.274 e. The summed E-state index contributed by atoms with van der Waals surface area (Å²) in [4.78, 5) is 19.3. The van der Waals surface area contributed by atoms with Gasteiger partial charge in [0.1, 0.15) is 17.1 Å². The molecule has 5 nitrogen and oxygen atoms in total. The molecule has 1 atom stereocenters. The van der Waals surface area contributed by atoms with Crippen LogP contribution in [0.5, 0.6) is 0 Å².